The van der Waals surface area contributed by atoms with Crippen molar-refractivity contribution in [3.63, 3.8) is 0 Å². The van der Waals surface area contributed by atoms with Gasteiger partial charge >= 0.3 is 0 Å². The molecule has 5 nitrogen and oxygen atoms in total. The van der Waals surface area contributed by atoms with Crippen molar-refractivity contribution in [1.82, 2.24) is 4.98 Å². The summed E-state index contributed by atoms with van der Waals surface area (Å²) in [7, 11) is 0. The maximum Gasteiger partial charge on any atom is 0.256 e. The molecular weight excluding hydrogens is 433 g/mol. The van der Waals surface area contributed by atoms with Gasteiger partial charge < -0.3 is 15.8 Å². The number of hydrogen-bond acceptors (Lipinski definition) is 4. The van der Waals surface area contributed by atoms with Crippen LogP contribution in [-0.2, 0) is 6.61 Å². The molecule has 0 aliphatic carbocycles. The number of para-hydroxylation sites is 1. The van der Waals surface area contributed by atoms with Crippen LogP contribution in [0.25, 0.3) is 10.9 Å². The lowest BCUT2D eigenvalue weighted by Gasteiger charge is -2.13. The zero-order chi connectivity index (χ0) is 21.1. The van der Waals surface area contributed by atoms with Crippen molar-refractivity contribution in [1.29, 1.82) is 0 Å². The van der Waals surface area contributed by atoms with Crippen LogP contribution in [0.4, 0.5) is 11.4 Å². The second-order valence-electron chi connectivity index (χ2n) is 6.92. The molecule has 1 aromatic heterocycles. The predicted molar refractivity (Wildman–Crippen MR) is 128 cm³/mol. The van der Waals surface area contributed by atoms with Crippen molar-refractivity contribution in [2.75, 3.05) is 11.1 Å². The fraction of sp³-hybridized carbons (Fsp3) is 0.0833. The molecule has 4 rings (SSSR count). The van der Waals surface area contributed by atoms with Gasteiger partial charge in [0.15, 0.2) is 0 Å². The van der Waals surface area contributed by atoms with Crippen LogP contribution in [-0.4, -0.2) is 10.9 Å². The molecule has 31 heavy (non-hydrogen) atoms. The summed E-state index contributed by atoms with van der Waals surface area (Å²) in [5.41, 5.74) is 10.3. The Balaban J connectivity index is 0.00000272. The Bertz CT molecular complexity index is 1240. The molecule has 0 unspecified atom stereocenters. The lowest BCUT2D eigenvalue weighted by atomic mass is 10.1. The number of anilines is 2. The van der Waals surface area contributed by atoms with Crippen LogP contribution >= 0.6 is 24.0 Å². The van der Waals surface area contributed by atoms with Gasteiger partial charge in [-0.2, -0.15) is 0 Å². The number of aryl methyl sites for hydroxylation is 1. The summed E-state index contributed by atoms with van der Waals surface area (Å²) in [6.07, 6.45) is 0. The molecule has 0 spiro atoms. The monoisotopic (exact) mass is 453 g/mol. The SMILES string of the molecule is Cc1cc(N)c2cc(NC(=O)c3ccccc3COc3ccccc3Cl)ccc2n1.Cl. The van der Waals surface area contributed by atoms with Gasteiger partial charge in [-0.1, -0.05) is 41.9 Å². The summed E-state index contributed by atoms with van der Waals surface area (Å²) in [5, 5.41) is 4.26. The minimum Gasteiger partial charge on any atom is -0.487 e. The van der Waals surface area contributed by atoms with E-state index in [1.165, 1.54) is 0 Å². The molecule has 0 aliphatic heterocycles. The summed E-state index contributed by atoms with van der Waals surface area (Å²) in [4.78, 5) is 17.4. The van der Waals surface area contributed by atoms with Gasteiger partial charge in [-0.3, -0.25) is 9.78 Å². The Kier molecular flexibility index (Phi) is 7.00. The van der Waals surface area contributed by atoms with Crippen molar-refractivity contribution in [2.24, 2.45) is 0 Å². The Hall–Kier alpha value is -3.28. The van der Waals surface area contributed by atoms with Gasteiger partial charge in [0, 0.05) is 33.6 Å². The highest BCUT2D eigenvalue weighted by Gasteiger charge is 2.13. The number of nitrogens with one attached hydrogen (secondary N) is 1. The number of halogens is 2. The first-order chi connectivity index (χ1) is 14.5. The smallest absolute Gasteiger partial charge is 0.256 e. The van der Waals surface area contributed by atoms with Crippen LogP contribution in [0, 0.1) is 6.92 Å². The van der Waals surface area contributed by atoms with Crippen molar-refractivity contribution < 1.29 is 9.53 Å². The second kappa shape index (κ2) is 9.69. The largest absolute Gasteiger partial charge is 0.487 e. The van der Waals surface area contributed by atoms with E-state index >= 15 is 0 Å². The molecule has 1 amide bonds. The van der Waals surface area contributed by atoms with Crippen LogP contribution in [0.3, 0.4) is 0 Å². The molecule has 158 valence electrons. The average Bonchev–Trinajstić information content (AvgIpc) is 2.74. The fourth-order valence-corrected chi connectivity index (χ4v) is 3.44. The number of amides is 1. The highest BCUT2D eigenvalue weighted by Crippen LogP contribution is 2.26. The van der Waals surface area contributed by atoms with Crippen molar-refractivity contribution in [3.05, 3.63) is 94.6 Å². The molecule has 0 fully saturated rings. The van der Waals surface area contributed by atoms with Gasteiger partial charge in [-0.05, 0) is 49.4 Å². The van der Waals surface area contributed by atoms with E-state index in [9.17, 15) is 4.79 Å². The number of nitrogens with two attached hydrogens (primary N) is 1. The number of pyridine rings is 1. The zero-order valence-electron chi connectivity index (χ0n) is 16.8. The molecular formula is C24H21Cl2N3O2. The van der Waals surface area contributed by atoms with Crippen LogP contribution < -0.4 is 15.8 Å². The second-order valence-corrected chi connectivity index (χ2v) is 7.32. The number of ether oxygens (including phenoxy) is 1. The van der Waals surface area contributed by atoms with Crippen LogP contribution in [0.5, 0.6) is 5.75 Å². The van der Waals surface area contributed by atoms with Gasteiger partial charge in [0.25, 0.3) is 5.91 Å². The van der Waals surface area contributed by atoms with Crippen LogP contribution in [0.2, 0.25) is 5.02 Å². The van der Waals surface area contributed by atoms with Crippen molar-refractivity contribution in [3.8, 4) is 5.75 Å². The standard InChI is InChI=1S/C24H20ClN3O2.ClH/c1-15-12-21(26)19-13-17(10-11-22(19)27-15)28-24(29)18-7-3-2-6-16(18)14-30-23-9-5-4-8-20(23)25;/h2-13H,14H2,1H3,(H2,26,27)(H,28,29);1H. The summed E-state index contributed by atoms with van der Waals surface area (Å²) < 4.78 is 5.81. The third kappa shape index (κ3) is 5.08. The Labute approximate surface area is 191 Å². The lowest BCUT2D eigenvalue weighted by Crippen LogP contribution is -2.15. The Morgan fingerprint density at radius 1 is 1.06 bits per heavy atom. The Morgan fingerprint density at radius 2 is 1.81 bits per heavy atom. The highest BCUT2D eigenvalue weighted by atomic mass is 35.5. The van der Waals surface area contributed by atoms with E-state index in [4.69, 9.17) is 22.1 Å². The number of rotatable bonds is 5. The molecule has 0 atom stereocenters. The van der Waals surface area contributed by atoms with Gasteiger partial charge in [0.05, 0.1) is 10.5 Å². The number of nitrogens with zero attached hydrogens (tertiary/aromatic N) is 1. The highest BCUT2D eigenvalue weighted by molar-refractivity contribution is 6.32. The maximum atomic E-state index is 12.9. The Morgan fingerprint density at radius 3 is 2.61 bits per heavy atom. The molecule has 3 N–H and O–H groups in total. The van der Waals surface area contributed by atoms with Gasteiger partial charge in [-0.15, -0.1) is 12.4 Å². The van der Waals surface area contributed by atoms with Crippen molar-refractivity contribution in [2.45, 2.75) is 13.5 Å². The average molecular weight is 454 g/mol. The molecule has 0 saturated carbocycles. The molecule has 0 aliphatic rings. The van der Waals surface area contributed by atoms with E-state index in [0.717, 1.165) is 22.2 Å². The fourth-order valence-electron chi connectivity index (χ4n) is 3.25. The minimum atomic E-state index is -0.230. The third-order valence-corrected chi connectivity index (χ3v) is 5.02. The molecule has 0 bridgehead atoms. The summed E-state index contributed by atoms with van der Waals surface area (Å²) in [6.45, 7) is 2.12. The predicted octanol–water partition coefficient (Wildman–Crippen LogP) is 6.03. The quantitative estimate of drug-likeness (QED) is 0.386. The lowest BCUT2D eigenvalue weighted by molar-refractivity contribution is 0.102. The van der Waals surface area contributed by atoms with Gasteiger partial charge in [0.2, 0.25) is 0 Å². The number of benzene rings is 3. The van der Waals surface area contributed by atoms with Crippen molar-refractivity contribution >= 4 is 52.2 Å². The normalized spacial score (nSPS) is 10.4. The maximum absolute atomic E-state index is 12.9. The van der Waals surface area contributed by atoms with E-state index in [-0.39, 0.29) is 24.9 Å². The first kappa shape index (κ1) is 22.4. The van der Waals surface area contributed by atoms with E-state index in [1.54, 1.807) is 18.2 Å². The number of nitrogen functional groups attached to an aromatic ring is 1. The zero-order valence-corrected chi connectivity index (χ0v) is 18.3. The third-order valence-electron chi connectivity index (χ3n) is 4.71. The first-order valence-electron chi connectivity index (χ1n) is 9.45. The van der Waals surface area contributed by atoms with Gasteiger partial charge in [-0.25, -0.2) is 0 Å². The summed E-state index contributed by atoms with van der Waals surface area (Å²) >= 11 is 6.15. The first-order valence-corrected chi connectivity index (χ1v) is 9.82. The number of carbonyl (C=O) groups excluding carboxylic acids is 1. The minimum absolute atomic E-state index is 0. The molecule has 3 aromatic carbocycles. The number of hydrogen-bond donors (Lipinski definition) is 2. The van der Waals surface area contributed by atoms with Crippen LogP contribution in [0.15, 0.2) is 72.8 Å². The number of carbonyl (C=O) groups is 1. The van der Waals surface area contributed by atoms with E-state index in [1.807, 2.05) is 61.5 Å². The van der Waals surface area contributed by atoms with Gasteiger partial charge in [0.1, 0.15) is 12.4 Å². The molecule has 4 aromatic rings. The number of fused-ring (bicyclic) bond motifs is 1. The topological polar surface area (TPSA) is 77.2 Å². The van der Waals surface area contributed by atoms with E-state index in [0.29, 0.717) is 27.7 Å². The summed E-state index contributed by atoms with van der Waals surface area (Å²) in [5.74, 6) is 0.341. The van der Waals surface area contributed by atoms with E-state index < -0.39 is 0 Å². The van der Waals surface area contributed by atoms with Crippen LogP contribution in [0.1, 0.15) is 21.6 Å². The number of aromatic nitrogens is 1. The molecule has 1 heterocycles. The van der Waals surface area contributed by atoms with E-state index in [2.05, 4.69) is 10.3 Å². The molecule has 0 saturated heterocycles. The molecule has 0 radical (unpaired) electrons. The summed E-state index contributed by atoms with van der Waals surface area (Å²) in [6, 6.07) is 21.9. The molecule has 7 heteroatoms.